The van der Waals surface area contributed by atoms with Crippen LogP contribution in [0.3, 0.4) is 0 Å². The smallest absolute Gasteiger partial charge is 0.153 e. The molecule has 5 heteroatoms. The lowest BCUT2D eigenvalue weighted by Gasteiger charge is -2.34. The van der Waals surface area contributed by atoms with Gasteiger partial charge in [-0.25, -0.2) is 8.42 Å². The number of nitrogens with zero attached hydrogens (tertiary/aromatic N) is 1. The molecule has 2 fully saturated rings. The van der Waals surface area contributed by atoms with Gasteiger partial charge in [-0.2, -0.15) is 0 Å². The molecule has 19 heavy (non-hydrogen) atoms. The molecule has 0 aliphatic carbocycles. The van der Waals surface area contributed by atoms with Crippen LogP contribution < -0.4 is 5.32 Å². The average molecular weight is 288 g/mol. The van der Waals surface area contributed by atoms with Crippen molar-refractivity contribution in [1.82, 2.24) is 10.2 Å². The summed E-state index contributed by atoms with van der Waals surface area (Å²) in [6.45, 7) is 7.63. The Bertz CT molecular complexity index is 375. The second-order valence-electron chi connectivity index (χ2n) is 6.25. The minimum Gasteiger partial charge on any atom is -0.317 e. The maximum atomic E-state index is 11.9. The van der Waals surface area contributed by atoms with E-state index in [9.17, 15) is 8.42 Å². The second-order valence-corrected chi connectivity index (χ2v) is 8.93. The fourth-order valence-electron chi connectivity index (χ4n) is 3.37. The first kappa shape index (κ1) is 15.3. The van der Waals surface area contributed by atoms with E-state index < -0.39 is 9.84 Å². The zero-order chi connectivity index (χ0) is 13.9. The summed E-state index contributed by atoms with van der Waals surface area (Å²) in [4.78, 5) is 2.44. The molecular formula is C14H28N2O2S. The van der Waals surface area contributed by atoms with E-state index in [-0.39, 0.29) is 5.25 Å². The summed E-state index contributed by atoms with van der Waals surface area (Å²) in [7, 11) is -2.89. The molecule has 0 aromatic heterocycles. The number of hydrogen-bond donors (Lipinski definition) is 1. The number of piperidine rings is 1. The van der Waals surface area contributed by atoms with Gasteiger partial charge in [0.05, 0.1) is 11.0 Å². The van der Waals surface area contributed by atoms with E-state index in [1.807, 2.05) is 0 Å². The van der Waals surface area contributed by atoms with Gasteiger partial charge in [-0.3, -0.25) is 4.90 Å². The SMILES string of the molecule is CC(C)S(=O)(=O)CCN1CCCC1C1CCNCC1. The fourth-order valence-corrected chi connectivity index (χ4v) is 4.33. The highest BCUT2D eigenvalue weighted by molar-refractivity contribution is 7.92. The number of hydrogen-bond acceptors (Lipinski definition) is 4. The number of likely N-dealkylation sites (tertiary alicyclic amines) is 1. The van der Waals surface area contributed by atoms with Crippen molar-refractivity contribution in [2.45, 2.75) is 50.8 Å². The first-order chi connectivity index (χ1) is 9.00. The van der Waals surface area contributed by atoms with Crippen LogP contribution in [0, 0.1) is 5.92 Å². The van der Waals surface area contributed by atoms with E-state index in [2.05, 4.69) is 10.2 Å². The first-order valence-electron chi connectivity index (χ1n) is 7.67. The monoisotopic (exact) mass is 288 g/mol. The van der Waals surface area contributed by atoms with E-state index in [1.165, 1.54) is 25.7 Å². The molecule has 2 rings (SSSR count). The maximum absolute atomic E-state index is 11.9. The molecule has 2 aliphatic rings. The highest BCUT2D eigenvalue weighted by Gasteiger charge is 2.32. The summed E-state index contributed by atoms with van der Waals surface area (Å²) in [6.07, 6.45) is 4.99. The summed E-state index contributed by atoms with van der Waals surface area (Å²) in [5.74, 6) is 1.09. The summed E-state index contributed by atoms with van der Waals surface area (Å²) < 4.78 is 23.9. The first-order valence-corrected chi connectivity index (χ1v) is 9.38. The van der Waals surface area contributed by atoms with Crippen LogP contribution in [0.4, 0.5) is 0 Å². The molecule has 2 aliphatic heterocycles. The standard InChI is InChI=1S/C14H28N2O2S/c1-12(2)19(17,18)11-10-16-9-3-4-14(16)13-5-7-15-8-6-13/h12-15H,3-11H2,1-2H3. The summed E-state index contributed by atoms with van der Waals surface area (Å²) in [5, 5.41) is 3.17. The molecule has 1 unspecified atom stereocenters. The van der Waals surface area contributed by atoms with Crippen LogP contribution in [0.1, 0.15) is 39.5 Å². The minimum atomic E-state index is -2.89. The van der Waals surface area contributed by atoms with Crippen LogP contribution in [0.2, 0.25) is 0 Å². The third-order valence-corrected chi connectivity index (χ3v) is 6.91. The van der Waals surface area contributed by atoms with E-state index in [0.717, 1.165) is 32.1 Å². The highest BCUT2D eigenvalue weighted by Crippen LogP contribution is 2.29. The third kappa shape index (κ3) is 3.92. The Morgan fingerprint density at radius 1 is 1.21 bits per heavy atom. The van der Waals surface area contributed by atoms with Crippen LogP contribution in [0.5, 0.6) is 0 Å². The molecule has 0 spiro atoms. The van der Waals surface area contributed by atoms with Crippen molar-refractivity contribution in [3.63, 3.8) is 0 Å². The quantitative estimate of drug-likeness (QED) is 0.828. The topological polar surface area (TPSA) is 49.4 Å². The van der Waals surface area contributed by atoms with Crippen LogP contribution in [-0.4, -0.2) is 56.5 Å². The predicted molar refractivity (Wildman–Crippen MR) is 79.1 cm³/mol. The predicted octanol–water partition coefficient (Wildman–Crippen LogP) is 1.27. The molecule has 0 aromatic carbocycles. The van der Waals surface area contributed by atoms with Gasteiger partial charge in [0.1, 0.15) is 0 Å². The normalized spacial score (nSPS) is 27.2. The van der Waals surface area contributed by atoms with Crippen molar-refractivity contribution in [2.24, 2.45) is 5.92 Å². The van der Waals surface area contributed by atoms with Gasteiger partial charge in [-0.1, -0.05) is 0 Å². The lowest BCUT2D eigenvalue weighted by Crippen LogP contribution is -2.43. The Morgan fingerprint density at radius 2 is 1.89 bits per heavy atom. The fraction of sp³-hybridized carbons (Fsp3) is 1.00. The van der Waals surface area contributed by atoms with Crippen molar-refractivity contribution in [1.29, 1.82) is 0 Å². The Labute approximate surface area is 117 Å². The lowest BCUT2D eigenvalue weighted by atomic mass is 9.89. The van der Waals surface area contributed by atoms with Crippen molar-refractivity contribution in [3.8, 4) is 0 Å². The average Bonchev–Trinajstić information content (AvgIpc) is 2.85. The van der Waals surface area contributed by atoms with Crippen LogP contribution in [0.25, 0.3) is 0 Å². The number of rotatable bonds is 5. The van der Waals surface area contributed by atoms with E-state index in [1.54, 1.807) is 13.8 Å². The van der Waals surface area contributed by atoms with E-state index >= 15 is 0 Å². The largest absolute Gasteiger partial charge is 0.317 e. The van der Waals surface area contributed by atoms with Crippen LogP contribution in [-0.2, 0) is 9.84 Å². The Balaban J connectivity index is 1.88. The van der Waals surface area contributed by atoms with Crippen LogP contribution in [0.15, 0.2) is 0 Å². The maximum Gasteiger partial charge on any atom is 0.153 e. The zero-order valence-corrected chi connectivity index (χ0v) is 13.1. The zero-order valence-electron chi connectivity index (χ0n) is 12.3. The van der Waals surface area contributed by atoms with Gasteiger partial charge < -0.3 is 5.32 Å². The molecule has 0 saturated carbocycles. The van der Waals surface area contributed by atoms with Gasteiger partial charge in [0, 0.05) is 12.6 Å². The summed E-state index contributed by atoms with van der Waals surface area (Å²) >= 11 is 0. The molecular weight excluding hydrogens is 260 g/mol. The molecule has 0 amide bonds. The molecule has 4 nitrogen and oxygen atoms in total. The van der Waals surface area contributed by atoms with Crippen molar-refractivity contribution < 1.29 is 8.42 Å². The van der Waals surface area contributed by atoms with E-state index in [4.69, 9.17) is 0 Å². The van der Waals surface area contributed by atoms with Crippen LogP contribution >= 0.6 is 0 Å². The lowest BCUT2D eigenvalue weighted by molar-refractivity contribution is 0.170. The molecule has 1 N–H and O–H groups in total. The number of sulfone groups is 1. The molecule has 1 atom stereocenters. The molecule has 0 bridgehead atoms. The van der Waals surface area contributed by atoms with Crippen molar-refractivity contribution in [2.75, 3.05) is 31.9 Å². The molecule has 2 saturated heterocycles. The minimum absolute atomic E-state index is 0.243. The second kappa shape index (κ2) is 6.55. The molecule has 0 aromatic rings. The van der Waals surface area contributed by atoms with Gasteiger partial charge in [-0.05, 0) is 65.1 Å². The van der Waals surface area contributed by atoms with Gasteiger partial charge in [0.2, 0.25) is 0 Å². The molecule has 0 radical (unpaired) electrons. The van der Waals surface area contributed by atoms with Crippen molar-refractivity contribution in [3.05, 3.63) is 0 Å². The van der Waals surface area contributed by atoms with Gasteiger partial charge in [-0.15, -0.1) is 0 Å². The summed E-state index contributed by atoms with van der Waals surface area (Å²) in [6, 6.07) is 0.629. The molecule has 2 heterocycles. The highest BCUT2D eigenvalue weighted by atomic mass is 32.2. The van der Waals surface area contributed by atoms with Gasteiger partial charge in [0.15, 0.2) is 9.84 Å². The van der Waals surface area contributed by atoms with Gasteiger partial charge in [0.25, 0.3) is 0 Å². The van der Waals surface area contributed by atoms with Gasteiger partial charge >= 0.3 is 0 Å². The Morgan fingerprint density at radius 3 is 2.53 bits per heavy atom. The Kier molecular flexibility index (Phi) is 5.26. The van der Waals surface area contributed by atoms with E-state index in [0.29, 0.717) is 11.8 Å². The molecule has 112 valence electrons. The third-order valence-electron chi connectivity index (χ3n) is 4.72. The summed E-state index contributed by atoms with van der Waals surface area (Å²) in [5.41, 5.74) is 0. The Hall–Kier alpha value is -0.130. The van der Waals surface area contributed by atoms with Crippen molar-refractivity contribution >= 4 is 9.84 Å². The number of nitrogens with one attached hydrogen (secondary N) is 1.